The Hall–Kier alpha value is -3.75. The highest BCUT2D eigenvalue weighted by Crippen LogP contribution is 2.36. The number of carbonyl (C=O) groups is 3. The number of amides is 2. The number of aliphatic carboxylic acids is 1. The van der Waals surface area contributed by atoms with Crippen molar-refractivity contribution in [1.29, 1.82) is 0 Å². The minimum atomic E-state index is -0.786. The molecule has 1 aliphatic heterocycles. The number of rotatable bonds is 4. The molecule has 2 amide bonds. The van der Waals surface area contributed by atoms with Crippen LogP contribution in [0.4, 0.5) is 4.39 Å². The molecule has 0 spiro atoms. The lowest BCUT2D eigenvalue weighted by Gasteiger charge is -2.47. The lowest BCUT2D eigenvalue weighted by molar-refractivity contribution is -0.147. The number of nitrogens with zero attached hydrogens (tertiary/aromatic N) is 3. The molecule has 1 N–H and O–H groups in total. The van der Waals surface area contributed by atoms with Crippen LogP contribution in [0.1, 0.15) is 76.4 Å². The fourth-order valence-electron chi connectivity index (χ4n) is 6.15. The highest BCUT2D eigenvalue weighted by Gasteiger charge is 2.42. The molecule has 2 aliphatic rings. The maximum atomic E-state index is 13.8. The number of benzene rings is 1. The summed E-state index contributed by atoms with van der Waals surface area (Å²) in [5.74, 6) is -1.67. The van der Waals surface area contributed by atoms with E-state index in [-0.39, 0.29) is 40.6 Å². The van der Waals surface area contributed by atoms with E-state index in [4.69, 9.17) is 9.40 Å². The van der Waals surface area contributed by atoms with Crippen LogP contribution in [0.15, 0.2) is 40.8 Å². The molecule has 8 nitrogen and oxygen atoms in total. The van der Waals surface area contributed by atoms with Crippen molar-refractivity contribution in [2.24, 2.45) is 11.8 Å². The number of furan rings is 1. The van der Waals surface area contributed by atoms with Gasteiger partial charge in [-0.05, 0) is 75.3 Å². The van der Waals surface area contributed by atoms with Gasteiger partial charge in [0.05, 0.1) is 17.2 Å². The molecular weight excluding hydrogens is 525 g/mol. The van der Waals surface area contributed by atoms with Crippen LogP contribution in [0.25, 0.3) is 22.4 Å². The Labute approximate surface area is 239 Å². The molecular formula is C32H38FN3O5. The third-order valence-corrected chi connectivity index (χ3v) is 8.52. The van der Waals surface area contributed by atoms with Crippen LogP contribution in [0.5, 0.6) is 0 Å². The zero-order chi connectivity index (χ0) is 29.7. The smallest absolute Gasteiger partial charge is 0.306 e. The molecule has 0 atom stereocenters. The average molecular weight is 564 g/mol. The van der Waals surface area contributed by atoms with Crippen LogP contribution in [0.3, 0.4) is 0 Å². The summed E-state index contributed by atoms with van der Waals surface area (Å²) in [6.45, 7) is 11.2. The number of hydrogen-bond acceptors (Lipinski definition) is 5. The fraction of sp³-hybridized carbons (Fsp3) is 0.500. The van der Waals surface area contributed by atoms with Gasteiger partial charge in [-0.15, -0.1) is 0 Å². The minimum absolute atomic E-state index is 0.0464. The van der Waals surface area contributed by atoms with Gasteiger partial charge >= 0.3 is 5.97 Å². The molecule has 2 fully saturated rings. The Morgan fingerprint density at radius 3 is 2.22 bits per heavy atom. The molecule has 41 heavy (non-hydrogen) atoms. The molecule has 218 valence electrons. The van der Waals surface area contributed by atoms with Crippen molar-refractivity contribution in [3.8, 4) is 11.3 Å². The van der Waals surface area contributed by atoms with Gasteiger partial charge in [0.2, 0.25) is 5.91 Å². The van der Waals surface area contributed by atoms with Crippen molar-refractivity contribution in [2.45, 2.75) is 71.3 Å². The fourth-order valence-corrected chi connectivity index (χ4v) is 6.15. The SMILES string of the molecule is CC(C)(C)c1cc(-c2ccc(F)cc2)nc2cc(C(=O)N3CCN(C(=O)[C@H]4CC[C@@H](C(=O)O)CC4)CC3(C)C)oc12. The largest absolute Gasteiger partial charge is 0.481 e. The van der Waals surface area contributed by atoms with Gasteiger partial charge in [-0.1, -0.05) is 20.8 Å². The molecule has 1 saturated carbocycles. The van der Waals surface area contributed by atoms with Crippen molar-refractivity contribution >= 4 is 28.9 Å². The molecule has 0 unspecified atom stereocenters. The number of carbonyl (C=O) groups excluding carboxylic acids is 2. The van der Waals surface area contributed by atoms with Crippen LogP contribution in [0, 0.1) is 17.7 Å². The van der Waals surface area contributed by atoms with Crippen molar-refractivity contribution in [1.82, 2.24) is 14.8 Å². The van der Waals surface area contributed by atoms with Crippen molar-refractivity contribution < 1.29 is 28.3 Å². The van der Waals surface area contributed by atoms with Gasteiger partial charge in [0.15, 0.2) is 11.3 Å². The molecule has 0 radical (unpaired) electrons. The molecule has 9 heteroatoms. The molecule has 3 heterocycles. The second kappa shape index (κ2) is 10.6. The van der Waals surface area contributed by atoms with Crippen LogP contribution in [0.2, 0.25) is 0 Å². The molecule has 2 aromatic heterocycles. The standard InChI is InChI=1S/C32H38FN3O5/c1-31(2,3)23-16-24(19-10-12-22(33)13-11-19)34-25-17-26(41-27(23)25)29(38)36-15-14-35(18-32(36,4)5)28(37)20-6-8-21(9-7-20)30(39)40/h10-13,16-17,20-21H,6-9,14-15,18H2,1-5H3,(H,39,40)/t20-,21+. The third-order valence-electron chi connectivity index (χ3n) is 8.52. The molecule has 1 aromatic carbocycles. The summed E-state index contributed by atoms with van der Waals surface area (Å²) in [4.78, 5) is 46.8. The Bertz CT molecular complexity index is 1480. The molecule has 0 bridgehead atoms. The summed E-state index contributed by atoms with van der Waals surface area (Å²) in [6, 6.07) is 9.78. The minimum Gasteiger partial charge on any atom is -0.481 e. The molecule has 3 aromatic rings. The predicted octanol–water partition coefficient (Wildman–Crippen LogP) is 5.89. The summed E-state index contributed by atoms with van der Waals surface area (Å²) in [6.07, 6.45) is 2.20. The van der Waals surface area contributed by atoms with Gasteiger partial charge in [0.25, 0.3) is 5.91 Å². The van der Waals surface area contributed by atoms with Gasteiger partial charge in [-0.2, -0.15) is 0 Å². The van der Waals surface area contributed by atoms with Gasteiger partial charge in [-0.25, -0.2) is 9.37 Å². The third kappa shape index (κ3) is 5.72. The first-order chi connectivity index (χ1) is 19.2. The first-order valence-electron chi connectivity index (χ1n) is 14.3. The number of pyridine rings is 1. The number of aromatic nitrogens is 1. The normalized spacial score (nSPS) is 21.2. The van der Waals surface area contributed by atoms with E-state index in [0.29, 0.717) is 62.1 Å². The maximum absolute atomic E-state index is 13.8. The topological polar surface area (TPSA) is 104 Å². The van der Waals surface area contributed by atoms with E-state index in [2.05, 4.69) is 20.8 Å². The number of hydrogen-bond donors (Lipinski definition) is 1. The Morgan fingerprint density at radius 1 is 1.00 bits per heavy atom. The Kier molecular flexibility index (Phi) is 7.42. The van der Waals surface area contributed by atoms with Crippen molar-refractivity contribution in [3.05, 3.63) is 53.5 Å². The number of fused-ring (bicyclic) bond motifs is 1. The first kappa shape index (κ1) is 28.8. The maximum Gasteiger partial charge on any atom is 0.306 e. The van der Waals surface area contributed by atoms with E-state index in [1.165, 1.54) is 12.1 Å². The number of carboxylic acids is 1. The van der Waals surface area contributed by atoms with E-state index < -0.39 is 11.5 Å². The predicted molar refractivity (Wildman–Crippen MR) is 153 cm³/mol. The summed E-state index contributed by atoms with van der Waals surface area (Å²) in [7, 11) is 0. The lowest BCUT2D eigenvalue weighted by Crippen LogP contribution is -2.62. The first-order valence-corrected chi connectivity index (χ1v) is 14.3. The molecule has 1 saturated heterocycles. The number of piperazine rings is 1. The molecule has 5 rings (SSSR count). The van der Waals surface area contributed by atoms with Gasteiger partial charge < -0.3 is 19.3 Å². The number of carboxylic acid groups (broad SMARTS) is 1. The van der Waals surface area contributed by atoms with E-state index in [1.807, 2.05) is 24.8 Å². The van der Waals surface area contributed by atoms with E-state index >= 15 is 0 Å². The summed E-state index contributed by atoms with van der Waals surface area (Å²) in [5.41, 5.74) is 2.51. The second-order valence-corrected chi connectivity index (χ2v) is 13.1. The van der Waals surface area contributed by atoms with E-state index in [9.17, 15) is 23.9 Å². The number of halogens is 1. The van der Waals surface area contributed by atoms with Gasteiger partial charge in [0, 0.05) is 42.7 Å². The second-order valence-electron chi connectivity index (χ2n) is 13.1. The Morgan fingerprint density at radius 2 is 1.63 bits per heavy atom. The van der Waals surface area contributed by atoms with E-state index in [1.54, 1.807) is 23.1 Å². The monoisotopic (exact) mass is 563 g/mol. The lowest BCUT2D eigenvalue weighted by atomic mass is 9.81. The average Bonchev–Trinajstić information content (AvgIpc) is 3.35. The van der Waals surface area contributed by atoms with E-state index in [0.717, 1.165) is 11.1 Å². The van der Waals surface area contributed by atoms with Crippen molar-refractivity contribution in [2.75, 3.05) is 19.6 Å². The van der Waals surface area contributed by atoms with Crippen molar-refractivity contribution in [3.63, 3.8) is 0 Å². The molecule has 1 aliphatic carbocycles. The highest BCUT2D eigenvalue weighted by atomic mass is 19.1. The summed E-state index contributed by atoms with van der Waals surface area (Å²) in [5, 5.41) is 9.27. The van der Waals surface area contributed by atoms with Crippen LogP contribution < -0.4 is 0 Å². The van der Waals surface area contributed by atoms with Crippen LogP contribution in [-0.4, -0.2) is 62.8 Å². The summed E-state index contributed by atoms with van der Waals surface area (Å²) < 4.78 is 19.7. The van der Waals surface area contributed by atoms with Crippen LogP contribution in [-0.2, 0) is 15.0 Å². The highest BCUT2D eigenvalue weighted by molar-refractivity contribution is 5.97. The summed E-state index contributed by atoms with van der Waals surface area (Å²) >= 11 is 0. The van der Waals surface area contributed by atoms with Crippen LogP contribution >= 0.6 is 0 Å². The zero-order valence-corrected chi connectivity index (χ0v) is 24.4. The Balaban J connectivity index is 1.37. The quantitative estimate of drug-likeness (QED) is 0.425. The van der Waals surface area contributed by atoms with Gasteiger partial charge in [-0.3, -0.25) is 14.4 Å². The zero-order valence-electron chi connectivity index (χ0n) is 24.4. The van der Waals surface area contributed by atoms with Gasteiger partial charge in [0.1, 0.15) is 11.3 Å².